The first kappa shape index (κ1) is 14.6. The van der Waals surface area contributed by atoms with Gasteiger partial charge in [-0.25, -0.2) is 4.98 Å². The number of aliphatic hydroxyl groups is 1. The van der Waals surface area contributed by atoms with Gasteiger partial charge < -0.3 is 9.67 Å². The highest BCUT2D eigenvalue weighted by atomic mass is 16.3. The van der Waals surface area contributed by atoms with Crippen LogP contribution < -0.4 is 0 Å². The predicted octanol–water partition coefficient (Wildman–Crippen LogP) is 3.93. The van der Waals surface area contributed by atoms with Crippen molar-refractivity contribution in [1.29, 1.82) is 0 Å². The minimum absolute atomic E-state index is 0.245. The first-order valence-corrected chi connectivity index (χ1v) is 8.41. The average molecular weight is 286 g/mol. The number of hydrogen-bond donors (Lipinski definition) is 1. The zero-order valence-electron chi connectivity index (χ0n) is 13.0. The first-order chi connectivity index (χ1) is 10.3. The van der Waals surface area contributed by atoms with E-state index in [0.717, 1.165) is 17.9 Å². The lowest BCUT2D eigenvalue weighted by atomic mass is 9.92. The number of aryl methyl sites for hydroxylation is 1. The fraction of sp³-hybridized carbons (Fsp3) is 0.611. The van der Waals surface area contributed by atoms with Crippen LogP contribution in [0.5, 0.6) is 0 Å². The van der Waals surface area contributed by atoms with Gasteiger partial charge in [0, 0.05) is 13.0 Å². The van der Waals surface area contributed by atoms with Gasteiger partial charge in [0.1, 0.15) is 5.82 Å². The van der Waals surface area contributed by atoms with E-state index in [9.17, 15) is 5.11 Å². The molecule has 0 spiro atoms. The van der Waals surface area contributed by atoms with E-state index in [-0.39, 0.29) is 6.10 Å². The molecule has 0 amide bonds. The van der Waals surface area contributed by atoms with Crippen LogP contribution in [0.25, 0.3) is 11.0 Å². The van der Waals surface area contributed by atoms with Gasteiger partial charge in [0.15, 0.2) is 0 Å². The van der Waals surface area contributed by atoms with E-state index in [1.54, 1.807) is 0 Å². The topological polar surface area (TPSA) is 38.0 Å². The molecule has 1 aliphatic rings. The molecule has 0 bridgehead atoms. The van der Waals surface area contributed by atoms with Gasteiger partial charge in [0.05, 0.1) is 17.1 Å². The van der Waals surface area contributed by atoms with E-state index in [1.807, 2.05) is 6.07 Å². The second kappa shape index (κ2) is 6.61. The summed E-state index contributed by atoms with van der Waals surface area (Å²) in [7, 11) is 0. The molecule has 0 radical (unpaired) electrons. The molecule has 0 saturated heterocycles. The quantitative estimate of drug-likeness (QED) is 0.865. The van der Waals surface area contributed by atoms with Crippen LogP contribution in [0.1, 0.15) is 51.3 Å². The van der Waals surface area contributed by atoms with Crippen LogP contribution >= 0.6 is 0 Å². The number of aliphatic hydroxyl groups excluding tert-OH is 1. The van der Waals surface area contributed by atoms with Crippen molar-refractivity contribution in [2.24, 2.45) is 5.92 Å². The Balaban J connectivity index is 1.80. The largest absolute Gasteiger partial charge is 0.392 e. The fourth-order valence-corrected chi connectivity index (χ4v) is 3.68. The Bertz CT molecular complexity index is 582. The Labute approximate surface area is 127 Å². The van der Waals surface area contributed by atoms with Gasteiger partial charge in [-0.3, -0.25) is 0 Å². The molecule has 1 aliphatic carbocycles. The normalized spacial score (nSPS) is 18.8. The third-order valence-corrected chi connectivity index (χ3v) is 4.89. The Kier molecular flexibility index (Phi) is 4.59. The van der Waals surface area contributed by atoms with Crippen molar-refractivity contribution in [2.75, 3.05) is 0 Å². The minimum atomic E-state index is -0.245. The number of fused-ring (bicyclic) bond motifs is 1. The zero-order chi connectivity index (χ0) is 14.7. The van der Waals surface area contributed by atoms with E-state index in [0.29, 0.717) is 12.3 Å². The lowest BCUT2D eigenvalue weighted by Crippen LogP contribution is -2.24. The van der Waals surface area contributed by atoms with Crippen molar-refractivity contribution in [2.45, 2.75) is 64.5 Å². The molecule has 1 N–H and O–H groups in total. The molecule has 0 aliphatic heterocycles. The van der Waals surface area contributed by atoms with Gasteiger partial charge in [-0.05, 0) is 37.8 Å². The van der Waals surface area contributed by atoms with Gasteiger partial charge in [-0.1, -0.05) is 37.8 Å². The summed E-state index contributed by atoms with van der Waals surface area (Å²) in [4.78, 5) is 4.74. The molecule has 1 aromatic carbocycles. The van der Waals surface area contributed by atoms with Crippen LogP contribution in [0.15, 0.2) is 24.3 Å². The number of imidazole rings is 1. The average Bonchev–Trinajstić information content (AvgIpc) is 2.67. The molecule has 114 valence electrons. The highest BCUT2D eigenvalue weighted by Crippen LogP contribution is 2.27. The van der Waals surface area contributed by atoms with Gasteiger partial charge in [-0.15, -0.1) is 0 Å². The molecule has 3 heteroatoms. The van der Waals surface area contributed by atoms with E-state index in [4.69, 9.17) is 4.98 Å². The number of para-hydroxylation sites is 2. The molecule has 2 aromatic rings. The van der Waals surface area contributed by atoms with Gasteiger partial charge in [0.2, 0.25) is 0 Å². The highest BCUT2D eigenvalue weighted by Gasteiger charge is 2.23. The summed E-state index contributed by atoms with van der Waals surface area (Å²) in [6.07, 6.45) is 7.99. The first-order valence-electron chi connectivity index (χ1n) is 8.41. The molecule has 1 atom stereocenters. The lowest BCUT2D eigenvalue weighted by Gasteiger charge is -2.21. The summed E-state index contributed by atoms with van der Waals surface area (Å²) in [5, 5.41) is 10.6. The summed E-state index contributed by atoms with van der Waals surface area (Å²) in [5.74, 6) is 1.49. The smallest absolute Gasteiger partial charge is 0.112 e. The number of benzene rings is 1. The molecular formula is C18H26N2O. The third kappa shape index (κ3) is 3.13. The molecule has 3 nitrogen and oxygen atoms in total. The third-order valence-electron chi connectivity index (χ3n) is 4.89. The van der Waals surface area contributed by atoms with Crippen molar-refractivity contribution in [3.05, 3.63) is 30.1 Å². The molecule has 1 aromatic heterocycles. The molecule has 21 heavy (non-hydrogen) atoms. The van der Waals surface area contributed by atoms with Crippen LogP contribution in [0.3, 0.4) is 0 Å². The molecular weight excluding hydrogens is 260 g/mol. The number of rotatable bonds is 4. The van der Waals surface area contributed by atoms with Crippen molar-refractivity contribution < 1.29 is 5.11 Å². The Morgan fingerprint density at radius 3 is 2.62 bits per heavy atom. The molecule has 1 heterocycles. The second-order valence-electron chi connectivity index (χ2n) is 6.28. The molecule has 1 fully saturated rings. The van der Waals surface area contributed by atoms with Gasteiger partial charge in [0.25, 0.3) is 0 Å². The van der Waals surface area contributed by atoms with Crippen LogP contribution in [0, 0.1) is 5.92 Å². The monoisotopic (exact) mass is 286 g/mol. The Hall–Kier alpha value is -1.35. The van der Waals surface area contributed by atoms with E-state index in [1.165, 1.54) is 44.0 Å². The van der Waals surface area contributed by atoms with Crippen molar-refractivity contribution in [1.82, 2.24) is 9.55 Å². The maximum Gasteiger partial charge on any atom is 0.112 e. The van der Waals surface area contributed by atoms with E-state index < -0.39 is 0 Å². The Morgan fingerprint density at radius 2 is 1.90 bits per heavy atom. The van der Waals surface area contributed by atoms with Crippen molar-refractivity contribution >= 4 is 11.0 Å². The fourth-order valence-electron chi connectivity index (χ4n) is 3.68. The molecule has 1 saturated carbocycles. The number of hydrogen-bond acceptors (Lipinski definition) is 2. The maximum absolute atomic E-state index is 10.6. The second-order valence-corrected chi connectivity index (χ2v) is 6.28. The van der Waals surface area contributed by atoms with E-state index >= 15 is 0 Å². The van der Waals surface area contributed by atoms with Crippen LogP contribution in [0.4, 0.5) is 0 Å². The maximum atomic E-state index is 10.6. The Morgan fingerprint density at radius 1 is 1.19 bits per heavy atom. The highest BCUT2D eigenvalue weighted by molar-refractivity contribution is 5.75. The van der Waals surface area contributed by atoms with Crippen LogP contribution in [-0.2, 0) is 13.0 Å². The summed E-state index contributed by atoms with van der Waals surface area (Å²) < 4.78 is 2.25. The summed E-state index contributed by atoms with van der Waals surface area (Å²) in [6, 6.07) is 8.26. The summed E-state index contributed by atoms with van der Waals surface area (Å²) >= 11 is 0. The van der Waals surface area contributed by atoms with Crippen molar-refractivity contribution in [3.8, 4) is 0 Å². The zero-order valence-corrected chi connectivity index (χ0v) is 13.0. The van der Waals surface area contributed by atoms with Gasteiger partial charge >= 0.3 is 0 Å². The molecule has 3 rings (SSSR count). The van der Waals surface area contributed by atoms with Crippen LogP contribution in [0.2, 0.25) is 0 Å². The lowest BCUT2D eigenvalue weighted by molar-refractivity contribution is 0.0960. The van der Waals surface area contributed by atoms with Crippen LogP contribution in [-0.4, -0.2) is 20.8 Å². The molecule has 1 unspecified atom stereocenters. The van der Waals surface area contributed by atoms with Gasteiger partial charge in [-0.2, -0.15) is 0 Å². The van der Waals surface area contributed by atoms with E-state index in [2.05, 4.69) is 29.7 Å². The predicted molar refractivity (Wildman–Crippen MR) is 86.3 cm³/mol. The summed E-state index contributed by atoms with van der Waals surface area (Å²) in [5.41, 5.74) is 2.23. The van der Waals surface area contributed by atoms with Crippen molar-refractivity contribution in [3.63, 3.8) is 0 Å². The standard InChI is InChI=1S/C18H26N2O/c1-2-20-16-12-8-7-11-15(16)19-18(20)13-17(21)14-9-5-3-4-6-10-14/h7-8,11-12,14,17,21H,2-6,9-10,13H2,1H3. The number of nitrogens with zero attached hydrogens (tertiary/aromatic N) is 2. The minimum Gasteiger partial charge on any atom is -0.392 e. The summed E-state index contributed by atoms with van der Waals surface area (Å²) in [6.45, 7) is 3.06. The number of aromatic nitrogens is 2. The SMILES string of the molecule is CCn1c(CC(O)C2CCCCCC2)nc2ccccc21.